The maximum atomic E-state index is 13.1. The molecule has 1 amide bonds. The van der Waals surface area contributed by atoms with Crippen molar-refractivity contribution in [3.8, 4) is 5.75 Å². The third-order valence-electron chi connectivity index (χ3n) is 4.43. The zero-order valence-corrected chi connectivity index (χ0v) is 17.4. The molecule has 0 aromatic heterocycles. The van der Waals surface area contributed by atoms with E-state index in [0.29, 0.717) is 16.5 Å². The molecule has 1 N–H and O–H groups in total. The highest BCUT2D eigenvalue weighted by Crippen LogP contribution is 2.34. The highest BCUT2D eigenvalue weighted by molar-refractivity contribution is 7.99. The highest BCUT2D eigenvalue weighted by Gasteiger charge is 2.22. The summed E-state index contributed by atoms with van der Waals surface area (Å²) in [5.74, 6) is 1.25. The Hall–Kier alpha value is -2.43. The third kappa shape index (κ3) is 5.09. The van der Waals surface area contributed by atoms with Crippen molar-refractivity contribution in [1.82, 2.24) is 0 Å². The number of rotatable bonds is 7. The molecule has 0 saturated heterocycles. The monoisotopic (exact) mass is 411 g/mol. The normalized spacial score (nSPS) is 11.7. The molecule has 3 aromatic carbocycles. The Morgan fingerprint density at radius 2 is 1.79 bits per heavy atom. The quantitative estimate of drug-likeness (QED) is 0.497. The Morgan fingerprint density at radius 3 is 2.46 bits per heavy atom. The van der Waals surface area contributed by atoms with Gasteiger partial charge in [0.2, 0.25) is 5.91 Å². The van der Waals surface area contributed by atoms with Gasteiger partial charge in [0.25, 0.3) is 0 Å². The topological polar surface area (TPSA) is 38.3 Å². The first-order valence-corrected chi connectivity index (χ1v) is 10.4. The zero-order valence-electron chi connectivity index (χ0n) is 15.8. The summed E-state index contributed by atoms with van der Waals surface area (Å²) in [5.41, 5.74) is 4.07. The number of thioether (sulfide) groups is 1. The van der Waals surface area contributed by atoms with E-state index in [0.717, 1.165) is 11.3 Å². The van der Waals surface area contributed by atoms with E-state index in [9.17, 15) is 4.79 Å². The number of hydrogen-bond donors (Lipinski definition) is 1. The van der Waals surface area contributed by atoms with Crippen molar-refractivity contribution in [3.63, 3.8) is 0 Å². The highest BCUT2D eigenvalue weighted by atomic mass is 35.5. The summed E-state index contributed by atoms with van der Waals surface area (Å²) >= 11 is 7.80. The van der Waals surface area contributed by atoms with Gasteiger partial charge in [-0.2, -0.15) is 0 Å². The predicted octanol–water partition coefficient (Wildman–Crippen LogP) is 6.27. The molecule has 0 fully saturated rings. The first-order valence-electron chi connectivity index (χ1n) is 8.94. The standard InChI is InChI=1S/C23H22ClNO2S/c1-16-8-6-7-11-18(16)15-28-22(17-9-4-3-5-10-17)23(26)25-19-12-13-21(27-2)20(24)14-19/h3-14,22H,15H2,1-2H3,(H,25,26)/t22-/m1/s1. The van der Waals surface area contributed by atoms with Gasteiger partial charge in [-0.25, -0.2) is 0 Å². The number of hydrogen-bond acceptors (Lipinski definition) is 3. The van der Waals surface area contributed by atoms with Gasteiger partial charge in [-0.15, -0.1) is 11.8 Å². The lowest BCUT2D eigenvalue weighted by molar-refractivity contribution is -0.115. The van der Waals surface area contributed by atoms with Crippen molar-refractivity contribution >= 4 is 35.0 Å². The fourth-order valence-corrected chi connectivity index (χ4v) is 4.34. The molecule has 0 spiro atoms. The summed E-state index contributed by atoms with van der Waals surface area (Å²) in [6, 6.07) is 23.3. The Morgan fingerprint density at radius 1 is 1.07 bits per heavy atom. The molecule has 0 heterocycles. The van der Waals surface area contributed by atoms with Crippen LogP contribution in [0.5, 0.6) is 5.75 Å². The van der Waals surface area contributed by atoms with Crippen LogP contribution in [0.1, 0.15) is 21.9 Å². The minimum atomic E-state index is -0.332. The summed E-state index contributed by atoms with van der Waals surface area (Å²) in [4.78, 5) is 13.1. The van der Waals surface area contributed by atoms with Gasteiger partial charge in [0.15, 0.2) is 0 Å². The van der Waals surface area contributed by atoms with Crippen molar-refractivity contribution in [3.05, 3.63) is 94.5 Å². The first kappa shape index (κ1) is 20.3. The number of anilines is 1. The van der Waals surface area contributed by atoms with Crippen LogP contribution in [0.4, 0.5) is 5.69 Å². The number of amides is 1. The van der Waals surface area contributed by atoms with Gasteiger partial charge in [-0.1, -0.05) is 66.2 Å². The summed E-state index contributed by atoms with van der Waals surface area (Å²) in [6.07, 6.45) is 0. The van der Waals surface area contributed by atoms with Crippen LogP contribution in [0.3, 0.4) is 0 Å². The molecule has 0 radical (unpaired) electrons. The van der Waals surface area contributed by atoms with Crippen molar-refractivity contribution in [2.24, 2.45) is 0 Å². The average molecular weight is 412 g/mol. The van der Waals surface area contributed by atoms with Gasteiger partial charge in [0, 0.05) is 11.4 Å². The van der Waals surface area contributed by atoms with Crippen LogP contribution >= 0.6 is 23.4 Å². The molecule has 0 aliphatic rings. The minimum Gasteiger partial charge on any atom is -0.495 e. The van der Waals surface area contributed by atoms with Crippen molar-refractivity contribution in [1.29, 1.82) is 0 Å². The molecule has 0 saturated carbocycles. The van der Waals surface area contributed by atoms with Crippen molar-refractivity contribution in [2.45, 2.75) is 17.9 Å². The SMILES string of the molecule is COc1ccc(NC(=O)[C@H](SCc2ccccc2C)c2ccccc2)cc1Cl. The van der Waals surface area contributed by atoms with Crippen LogP contribution in [0.15, 0.2) is 72.8 Å². The van der Waals surface area contributed by atoms with Gasteiger partial charge >= 0.3 is 0 Å². The number of methoxy groups -OCH3 is 1. The first-order chi connectivity index (χ1) is 13.6. The molecule has 0 bridgehead atoms. The van der Waals surface area contributed by atoms with E-state index in [2.05, 4.69) is 24.4 Å². The van der Waals surface area contributed by atoms with E-state index >= 15 is 0 Å². The third-order valence-corrected chi connectivity index (χ3v) is 6.02. The Labute approximate surface area is 175 Å². The molecule has 0 aliphatic heterocycles. The maximum absolute atomic E-state index is 13.1. The van der Waals surface area contributed by atoms with Gasteiger partial charge in [0.05, 0.1) is 12.1 Å². The Kier molecular flexibility index (Phi) is 7.01. The number of halogens is 1. The van der Waals surface area contributed by atoms with Crippen LogP contribution in [0, 0.1) is 6.92 Å². The fourth-order valence-electron chi connectivity index (χ4n) is 2.85. The van der Waals surface area contributed by atoms with Crippen LogP contribution < -0.4 is 10.1 Å². The molecule has 144 valence electrons. The van der Waals surface area contributed by atoms with E-state index < -0.39 is 0 Å². The number of aryl methyl sites for hydroxylation is 1. The molecule has 3 aromatic rings. The van der Waals surface area contributed by atoms with Gasteiger partial charge in [-0.05, 0) is 41.8 Å². The van der Waals surface area contributed by atoms with Gasteiger partial charge < -0.3 is 10.1 Å². The van der Waals surface area contributed by atoms with Gasteiger partial charge in [-0.3, -0.25) is 4.79 Å². The van der Waals surface area contributed by atoms with E-state index in [-0.39, 0.29) is 11.2 Å². The van der Waals surface area contributed by atoms with Gasteiger partial charge in [0.1, 0.15) is 11.0 Å². The summed E-state index contributed by atoms with van der Waals surface area (Å²) in [6.45, 7) is 2.09. The number of carbonyl (C=O) groups excluding carboxylic acids is 1. The molecular weight excluding hydrogens is 390 g/mol. The van der Waals surface area contributed by atoms with E-state index in [4.69, 9.17) is 16.3 Å². The summed E-state index contributed by atoms with van der Waals surface area (Å²) in [7, 11) is 1.56. The lowest BCUT2D eigenvalue weighted by atomic mass is 10.1. The van der Waals surface area contributed by atoms with Crippen LogP contribution in [0.25, 0.3) is 0 Å². The number of ether oxygens (including phenoxy) is 1. The molecule has 3 rings (SSSR count). The predicted molar refractivity (Wildman–Crippen MR) is 118 cm³/mol. The van der Waals surface area contributed by atoms with Crippen LogP contribution in [-0.4, -0.2) is 13.0 Å². The molecule has 3 nitrogen and oxygen atoms in total. The van der Waals surface area contributed by atoms with Crippen molar-refractivity contribution < 1.29 is 9.53 Å². The minimum absolute atomic E-state index is 0.0778. The Bertz CT molecular complexity index is 946. The number of carbonyl (C=O) groups is 1. The summed E-state index contributed by atoms with van der Waals surface area (Å²) in [5, 5.41) is 3.11. The van der Waals surface area contributed by atoms with E-state index in [1.165, 1.54) is 11.1 Å². The molecule has 5 heteroatoms. The van der Waals surface area contributed by atoms with E-state index in [1.54, 1.807) is 37.1 Å². The number of benzene rings is 3. The molecule has 0 unspecified atom stereocenters. The van der Waals surface area contributed by atoms with Crippen molar-refractivity contribution in [2.75, 3.05) is 12.4 Å². The molecule has 28 heavy (non-hydrogen) atoms. The fraction of sp³-hybridized carbons (Fsp3) is 0.174. The molecule has 0 aliphatic carbocycles. The lowest BCUT2D eigenvalue weighted by Crippen LogP contribution is -2.19. The van der Waals surface area contributed by atoms with E-state index in [1.807, 2.05) is 42.5 Å². The maximum Gasteiger partial charge on any atom is 0.242 e. The molecule has 1 atom stereocenters. The second-order valence-electron chi connectivity index (χ2n) is 6.37. The zero-order chi connectivity index (χ0) is 19.9. The second kappa shape index (κ2) is 9.67. The summed E-state index contributed by atoms with van der Waals surface area (Å²) < 4.78 is 5.17. The van der Waals surface area contributed by atoms with Crippen LogP contribution in [0.2, 0.25) is 5.02 Å². The lowest BCUT2D eigenvalue weighted by Gasteiger charge is -2.18. The molecular formula is C23H22ClNO2S. The van der Waals surface area contributed by atoms with Crippen LogP contribution in [-0.2, 0) is 10.5 Å². The average Bonchev–Trinajstić information content (AvgIpc) is 2.70. The Balaban J connectivity index is 1.79. The largest absolute Gasteiger partial charge is 0.495 e. The second-order valence-corrected chi connectivity index (χ2v) is 7.87. The number of nitrogens with one attached hydrogen (secondary N) is 1. The smallest absolute Gasteiger partial charge is 0.242 e.